The number of hydrogen-bond donors (Lipinski definition) is 1. The van der Waals surface area contributed by atoms with E-state index in [2.05, 4.69) is 16.9 Å². The number of halogens is 1. The van der Waals surface area contributed by atoms with Gasteiger partial charge in [-0.1, -0.05) is 48.6 Å². The molecule has 1 N–H and O–H groups in total. The zero-order valence-electron chi connectivity index (χ0n) is 18.3. The van der Waals surface area contributed by atoms with Crippen LogP contribution < -0.4 is 5.32 Å². The molecule has 0 bridgehead atoms. The number of ether oxygens (including phenoxy) is 2. The van der Waals surface area contributed by atoms with E-state index in [0.717, 1.165) is 11.1 Å². The Kier molecular flexibility index (Phi) is 10.6. The lowest BCUT2D eigenvalue weighted by molar-refractivity contribution is -0.140. The first-order chi connectivity index (χ1) is 15.6. The van der Waals surface area contributed by atoms with E-state index in [9.17, 15) is 14.0 Å². The number of allylic oxidation sites excluding steroid dienone is 3. The zero-order chi connectivity index (χ0) is 23.2. The molecule has 1 aliphatic rings. The fourth-order valence-corrected chi connectivity index (χ4v) is 3.07. The summed E-state index contributed by atoms with van der Waals surface area (Å²) >= 11 is 0. The van der Waals surface area contributed by atoms with Gasteiger partial charge in [0.25, 0.3) is 5.91 Å². The molecule has 0 aromatic heterocycles. The van der Waals surface area contributed by atoms with Gasteiger partial charge in [-0.2, -0.15) is 0 Å². The molecule has 1 heterocycles. The predicted octanol–water partition coefficient (Wildman–Crippen LogP) is 4.21. The highest BCUT2D eigenvalue weighted by atomic mass is 19.1. The molecule has 1 amide bonds. The number of carbonyl (C=O) groups excluding carboxylic acids is 2. The minimum absolute atomic E-state index is 0.00508. The highest BCUT2D eigenvalue weighted by Crippen LogP contribution is 2.18. The van der Waals surface area contributed by atoms with E-state index in [0.29, 0.717) is 19.2 Å². The molecule has 1 unspecified atom stereocenters. The second-order valence-corrected chi connectivity index (χ2v) is 7.05. The van der Waals surface area contributed by atoms with Crippen LogP contribution in [-0.4, -0.2) is 37.8 Å². The summed E-state index contributed by atoms with van der Waals surface area (Å²) in [5.41, 5.74) is 1.57. The Balaban J connectivity index is 2.27. The van der Waals surface area contributed by atoms with Gasteiger partial charge >= 0.3 is 5.97 Å². The van der Waals surface area contributed by atoms with Crippen molar-refractivity contribution in [1.82, 2.24) is 5.32 Å². The van der Waals surface area contributed by atoms with Crippen molar-refractivity contribution >= 4 is 18.1 Å². The van der Waals surface area contributed by atoms with Crippen molar-refractivity contribution in [3.8, 4) is 0 Å². The standard InChI is InChI=1S/C25H29FN2O4/c1-3-19(11-8-13-26)15-21-12-14-28-24(29)23(25(30)31-4-2)22(17-27-16-21)32-18-20-9-6-5-7-10-20/h3,5-10,12-13,16,19H,1,4,11,14-15,17-18H2,2H3,(H,28,29)/b13-8+,21-12-,23-22-,27-16?. The largest absolute Gasteiger partial charge is 0.490 e. The van der Waals surface area contributed by atoms with Gasteiger partial charge < -0.3 is 14.8 Å². The fourth-order valence-electron chi connectivity index (χ4n) is 3.07. The minimum Gasteiger partial charge on any atom is -0.490 e. The fraction of sp³-hybridized carbons (Fsp3) is 0.320. The summed E-state index contributed by atoms with van der Waals surface area (Å²) in [6.45, 7) is 5.97. The molecule has 1 aliphatic heterocycles. The summed E-state index contributed by atoms with van der Waals surface area (Å²) < 4.78 is 23.3. The molecule has 2 rings (SSSR count). The predicted molar refractivity (Wildman–Crippen MR) is 123 cm³/mol. The van der Waals surface area contributed by atoms with E-state index in [4.69, 9.17) is 9.47 Å². The Labute approximate surface area is 188 Å². The first kappa shape index (κ1) is 24.8. The van der Waals surface area contributed by atoms with Gasteiger partial charge in [0.2, 0.25) is 0 Å². The summed E-state index contributed by atoms with van der Waals surface area (Å²) in [6, 6.07) is 9.42. The van der Waals surface area contributed by atoms with Gasteiger partial charge in [0.1, 0.15) is 12.4 Å². The topological polar surface area (TPSA) is 77.0 Å². The molecule has 7 heteroatoms. The first-order valence-electron chi connectivity index (χ1n) is 10.5. The number of rotatable bonds is 10. The van der Waals surface area contributed by atoms with Crippen LogP contribution in [0.25, 0.3) is 0 Å². The van der Waals surface area contributed by atoms with Gasteiger partial charge in [0.05, 0.1) is 19.5 Å². The van der Waals surface area contributed by atoms with Crippen molar-refractivity contribution in [2.24, 2.45) is 10.9 Å². The molecular weight excluding hydrogens is 411 g/mol. The van der Waals surface area contributed by atoms with Crippen LogP contribution in [0.3, 0.4) is 0 Å². The number of carbonyl (C=O) groups is 2. The molecule has 6 nitrogen and oxygen atoms in total. The number of esters is 1. The molecule has 0 aliphatic carbocycles. The van der Waals surface area contributed by atoms with Gasteiger partial charge in [-0.3, -0.25) is 9.79 Å². The first-order valence-corrected chi connectivity index (χ1v) is 10.5. The molecule has 0 fully saturated rings. The van der Waals surface area contributed by atoms with Crippen LogP contribution >= 0.6 is 0 Å². The van der Waals surface area contributed by atoms with Crippen molar-refractivity contribution in [2.45, 2.75) is 26.4 Å². The average molecular weight is 441 g/mol. The van der Waals surface area contributed by atoms with Crippen LogP contribution in [0.1, 0.15) is 25.3 Å². The lowest BCUT2D eigenvalue weighted by Crippen LogP contribution is -2.32. The van der Waals surface area contributed by atoms with Gasteiger partial charge in [0, 0.05) is 12.8 Å². The highest BCUT2D eigenvalue weighted by molar-refractivity contribution is 6.16. The molecule has 0 saturated heterocycles. The van der Waals surface area contributed by atoms with Crippen LogP contribution in [0, 0.1) is 5.92 Å². The summed E-state index contributed by atoms with van der Waals surface area (Å²) in [4.78, 5) is 29.7. The van der Waals surface area contributed by atoms with Gasteiger partial charge in [0.15, 0.2) is 5.57 Å². The Bertz CT molecular complexity index is 904. The normalized spacial score (nSPS) is 19.6. The Morgan fingerprint density at radius 3 is 2.81 bits per heavy atom. The van der Waals surface area contributed by atoms with Crippen molar-refractivity contribution in [3.63, 3.8) is 0 Å². The van der Waals surface area contributed by atoms with E-state index >= 15 is 0 Å². The van der Waals surface area contributed by atoms with Gasteiger partial charge in [-0.25, -0.2) is 9.18 Å². The minimum atomic E-state index is -0.752. The maximum atomic E-state index is 12.8. The lowest BCUT2D eigenvalue weighted by Gasteiger charge is -2.16. The summed E-state index contributed by atoms with van der Waals surface area (Å²) in [5, 5.41) is 2.72. The zero-order valence-corrected chi connectivity index (χ0v) is 18.3. The van der Waals surface area contributed by atoms with E-state index in [-0.39, 0.29) is 43.6 Å². The molecular formula is C25H29FN2O4. The molecule has 1 atom stereocenters. The van der Waals surface area contributed by atoms with Crippen molar-refractivity contribution < 1.29 is 23.5 Å². The SMILES string of the molecule is C=CC(C/C=C/F)C/C1=C/CNC(=O)/C(C(=O)OCC)=C(/OCc2ccccc2)CN=C1. The summed E-state index contributed by atoms with van der Waals surface area (Å²) in [5.74, 6) is -1.17. The van der Waals surface area contributed by atoms with Crippen LogP contribution in [0.4, 0.5) is 4.39 Å². The number of nitrogens with one attached hydrogen (secondary N) is 1. The molecule has 170 valence electrons. The smallest absolute Gasteiger partial charge is 0.347 e. The molecule has 0 saturated carbocycles. The van der Waals surface area contributed by atoms with Crippen LogP contribution in [0.15, 0.2) is 83.4 Å². The number of hydrogen-bond acceptors (Lipinski definition) is 5. The highest BCUT2D eigenvalue weighted by Gasteiger charge is 2.26. The quantitative estimate of drug-likeness (QED) is 0.336. The van der Waals surface area contributed by atoms with E-state index < -0.39 is 11.9 Å². The van der Waals surface area contributed by atoms with Gasteiger partial charge in [-0.15, -0.1) is 6.58 Å². The van der Waals surface area contributed by atoms with Crippen molar-refractivity contribution in [1.29, 1.82) is 0 Å². The van der Waals surface area contributed by atoms with E-state index in [1.54, 1.807) is 19.2 Å². The maximum Gasteiger partial charge on any atom is 0.347 e. The average Bonchev–Trinajstić information content (AvgIpc) is 2.80. The Morgan fingerprint density at radius 2 is 2.12 bits per heavy atom. The number of nitrogens with zero attached hydrogens (tertiary/aromatic N) is 1. The second-order valence-electron chi connectivity index (χ2n) is 7.05. The Hall–Kier alpha value is -3.48. The van der Waals surface area contributed by atoms with Crippen molar-refractivity contribution in [3.05, 3.63) is 83.9 Å². The van der Waals surface area contributed by atoms with Gasteiger partial charge in [-0.05, 0) is 36.8 Å². The third-order valence-corrected chi connectivity index (χ3v) is 4.72. The summed E-state index contributed by atoms with van der Waals surface area (Å²) in [7, 11) is 0. The molecule has 0 radical (unpaired) electrons. The maximum absolute atomic E-state index is 12.8. The number of amides is 1. The molecule has 32 heavy (non-hydrogen) atoms. The summed E-state index contributed by atoms with van der Waals surface area (Å²) in [6.07, 6.45) is 8.31. The monoisotopic (exact) mass is 440 g/mol. The lowest BCUT2D eigenvalue weighted by atomic mass is 9.96. The van der Waals surface area contributed by atoms with Crippen LogP contribution in [0.2, 0.25) is 0 Å². The number of benzene rings is 1. The van der Waals surface area contributed by atoms with Crippen molar-refractivity contribution in [2.75, 3.05) is 19.7 Å². The Morgan fingerprint density at radius 1 is 1.34 bits per heavy atom. The third-order valence-electron chi connectivity index (χ3n) is 4.72. The van der Waals surface area contributed by atoms with Crippen LogP contribution in [-0.2, 0) is 25.7 Å². The number of aliphatic imine (C=N–C) groups is 1. The third kappa shape index (κ3) is 7.98. The second kappa shape index (κ2) is 13.7. The molecule has 0 spiro atoms. The molecule has 1 aromatic carbocycles. The van der Waals surface area contributed by atoms with Crippen LogP contribution in [0.5, 0.6) is 0 Å². The molecule has 1 aromatic rings. The van der Waals surface area contributed by atoms with E-state index in [1.807, 2.05) is 36.4 Å². The van der Waals surface area contributed by atoms with E-state index in [1.165, 1.54) is 6.08 Å².